The van der Waals surface area contributed by atoms with E-state index < -0.39 is 0 Å². The third-order valence-electron chi connectivity index (χ3n) is 4.50. The highest BCUT2D eigenvalue weighted by Crippen LogP contribution is 2.29. The molecule has 0 spiro atoms. The first kappa shape index (κ1) is 18.8. The summed E-state index contributed by atoms with van der Waals surface area (Å²) in [5, 5.41) is 7.01. The minimum Gasteiger partial charge on any atom is -0.339 e. The highest BCUT2D eigenvalue weighted by atomic mass is 16.5. The smallest absolute Gasteiger partial charge is 0.256 e. The molecule has 140 valence electrons. The zero-order chi connectivity index (χ0) is 19.6. The van der Waals surface area contributed by atoms with Crippen molar-refractivity contribution in [3.8, 4) is 11.4 Å². The summed E-state index contributed by atoms with van der Waals surface area (Å²) in [6, 6.07) is 7.57. The van der Waals surface area contributed by atoms with E-state index in [0.717, 1.165) is 35.2 Å². The number of carbonyl (C=O) groups excluding carboxylic acids is 1. The second-order valence-corrected chi connectivity index (χ2v) is 6.82. The number of aryl methyl sites for hydroxylation is 5. The van der Waals surface area contributed by atoms with Gasteiger partial charge in [-0.2, -0.15) is 4.98 Å². The van der Waals surface area contributed by atoms with Gasteiger partial charge < -0.3 is 9.84 Å². The van der Waals surface area contributed by atoms with Gasteiger partial charge in [0.2, 0.25) is 11.7 Å². The van der Waals surface area contributed by atoms with Gasteiger partial charge in [0.25, 0.3) is 5.91 Å². The molecule has 1 aromatic carbocycles. The number of aromatic nitrogens is 3. The Morgan fingerprint density at radius 3 is 2.52 bits per heavy atom. The van der Waals surface area contributed by atoms with E-state index in [0.29, 0.717) is 28.7 Å². The SMILES string of the molecule is CCCc1nc(-c2c(C)cc(C)nc2NC(=O)c2ccc(C)c(C)c2)no1. The fourth-order valence-corrected chi connectivity index (χ4v) is 2.94. The molecule has 3 rings (SSSR count). The minimum atomic E-state index is -0.214. The summed E-state index contributed by atoms with van der Waals surface area (Å²) in [4.78, 5) is 21.8. The summed E-state index contributed by atoms with van der Waals surface area (Å²) in [5.74, 6) is 1.26. The lowest BCUT2D eigenvalue weighted by atomic mass is 10.1. The van der Waals surface area contributed by atoms with Crippen LogP contribution in [-0.4, -0.2) is 21.0 Å². The Bertz CT molecular complexity index is 992. The number of nitrogens with one attached hydrogen (secondary N) is 1. The molecule has 0 aliphatic heterocycles. The van der Waals surface area contributed by atoms with Crippen LogP contribution >= 0.6 is 0 Å². The molecule has 0 saturated heterocycles. The Balaban J connectivity index is 1.98. The van der Waals surface area contributed by atoms with Gasteiger partial charge in [0.05, 0.1) is 5.56 Å². The van der Waals surface area contributed by atoms with E-state index in [1.54, 1.807) is 0 Å². The quantitative estimate of drug-likeness (QED) is 0.717. The van der Waals surface area contributed by atoms with E-state index in [9.17, 15) is 4.79 Å². The maximum Gasteiger partial charge on any atom is 0.256 e. The number of hydrogen-bond donors (Lipinski definition) is 1. The Morgan fingerprint density at radius 2 is 1.81 bits per heavy atom. The molecule has 0 aliphatic rings. The van der Waals surface area contributed by atoms with Crippen molar-refractivity contribution in [1.29, 1.82) is 0 Å². The number of carbonyl (C=O) groups is 1. The number of anilines is 1. The zero-order valence-corrected chi connectivity index (χ0v) is 16.4. The molecular formula is C21H24N4O2. The van der Waals surface area contributed by atoms with Crippen LogP contribution in [0, 0.1) is 27.7 Å². The lowest BCUT2D eigenvalue weighted by molar-refractivity contribution is 0.102. The van der Waals surface area contributed by atoms with Gasteiger partial charge in [0, 0.05) is 17.7 Å². The molecule has 1 amide bonds. The first-order valence-corrected chi connectivity index (χ1v) is 9.08. The van der Waals surface area contributed by atoms with Crippen molar-refractivity contribution in [2.45, 2.75) is 47.5 Å². The van der Waals surface area contributed by atoms with Crippen molar-refractivity contribution in [3.63, 3.8) is 0 Å². The van der Waals surface area contributed by atoms with Gasteiger partial charge in [-0.25, -0.2) is 4.98 Å². The zero-order valence-electron chi connectivity index (χ0n) is 16.4. The van der Waals surface area contributed by atoms with Crippen LogP contribution < -0.4 is 5.32 Å². The summed E-state index contributed by atoms with van der Waals surface area (Å²) >= 11 is 0. The fourth-order valence-electron chi connectivity index (χ4n) is 2.94. The molecule has 6 heteroatoms. The highest BCUT2D eigenvalue weighted by molar-refractivity contribution is 6.05. The molecule has 0 radical (unpaired) electrons. The van der Waals surface area contributed by atoms with E-state index in [-0.39, 0.29) is 5.91 Å². The van der Waals surface area contributed by atoms with Crippen LogP contribution in [-0.2, 0) is 6.42 Å². The Labute approximate surface area is 159 Å². The van der Waals surface area contributed by atoms with Gasteiger partial charge in [0.1, 0.15) is 5.82 Å². The van der Waals surface area contributed by atoms with Crippen molar-refractivity contribution in [2.24, 2.45) is 0 Å². The third kappa shape index (κ3) is 4.05. The number of rotatable bonds is 5. The Morgan fingerprint density at radius 1 is 1.04 bits per heavy atom. The second kappa shape index (κ2) is 7.70. The maximum absolute atomic E-state index is 12.8. The molecule has 2 heterocycles. The monoisotopic (exact) mass is 364 g/mol. The number of amides is 1. The molecule has 1 N–H and O–H groups in total. The standard InChI is InChI=1S/C21H24N4O2/c1-6-7-17-23-20(25-27-17)18-14(4)10-15(5)22-19(18)24-21(26)16-9-8-12(2)13(3)11-16/h8-11H,6-7H2,1-5H3,(H,22,24,26). The predicted molar refractivity (Wildman–Crippen MR) is 105 cm³/mol. The number of pyridine rings is 1. The molecule has 27 heavy (non-hydrogen) atoms. The average Bonchev–Trinajstić information content (AvgIpc) is 3.05. The summed E-state index contributed by atoms with van der Waals surface area (Å²) in [6.45, 7) is 9.90. The molecule has 6 nitrogen and oxygen atoms in total. The lowest BCUT2D eigenvalue weighted by Gasteiger charge is -2.12. The summed E-state index contributed by atoms with van der Waals surface area (Å²) < 4.78 is 5.32. The van der Waals surface area contributed by atoms with Crippen LogP contribution in [0.2, 0.25) is 0 Å². The highest BCUT2D eigenvalue weighted by Gasteiger charge is 2.19. The molecule has 0 aliphatic carbocycles. The Hall–Kier alpha value is -3.02. The van der Waals surface area contributed by atoms with Crippen LogP contribution in [0.4, 0.5) is 5.82 Å². The van der Waals surface area contributed by atoms with Gasteiger partial charge in [-0.05, 0) is 69.0 Å². The van der Waals surface area contributed by atoms with Crippen LogP contribution in [0.1, 0.15) is 52.0 Å². The van der Waals surface area contributed by atoms with E-state index >= 15 is 0 Å². The number of hydrogen-bond acceptors (Lipinski definition) is 5. The number of nitrogens with zero attached hydrogens (tertiary/aromatic N) is 3. The first-order chi connectivity index (χ1) is 12.9. The van der Waals surface area contributed by atoms with Crippen molar-refractivity contribution in [3.05, 3.63) is 58.1 Å². The molecule has 0 atom stereocenters. The van der Waals surface area contributed by atoms with Crippen LogP contribution in [0.25, 0.3) is 11.4 Å². The molecule has 0 saturated carbocycles. The predicted octanol–water partition coefficient (Wildman–Crippen LogP) is 4.57. The van der Waals surface area contributed by atoms with Gasteiger partial charge >= 0.3 is 0 Å². The summed E-state index contributed by atoms with van der Waals surface area (Å²) in [6.07, 6.45) is 1.64. The molecule has 0 fully saturated rings. The van der Waals surface area contributed by atoms with Crippen LogP contribution in [0.15, 0.2) is 28.8 Å². The summed E-state index contributed by atoms with van der Waals surface area (Å²) in [5.41, 5.74) is 5.23. The van der Waals surface area contributed by atoms with Crippen LogP contribution in [0.5, 0.6) is 0 Å². The third-order valence-corrected chi connectivity index (χ3v) is 4.50. The van der Waals surface area contributed by atoms with Gasteiger partial charge in [-0.3, -0.25) is 4.79 Å². The van der Waals surface area contributed by atoms with Gasteiger partial charge in [-0.1, -0.05) is 18.1 Å². The molecular weight excluding hydrogens is 340 g/mol. The summed E-state index contributed by atoms with van der Waals surface area (Å²) in [7, 11) is 0. The molecule has 3 aromatic rings. The van der Waals surface area contributed by atoms with Crippen molar-refractivity contribution in [1.82, 2.24) is 15.1 Å². The lowest BCUT2D eigenvalue weighted by Crippen LogP contribution is -2.15. The van der Waals surface area contributed by atoms with Crippen molar-refractivity contribution in [2.75, 3.05) is 5.32 Å². The van der Waals surface area contributed by atoms with E-state index in [4.69, 9.17) is 4.52 Å². The van der Waals surface area contributed by atoms with E-state index in [2.05, 4.69) is 27.4 Å². The van der Waals surface area contributed by atoms with Crippen LogP contribution in [0.3, 0.4) is 0 Å². The maximum atomic E-state index is 12.8. The van der Waals surface area contributed by atoms with E-state index in [1.807, 2.05) is 52.0 Å². The largest absolute Gasteiger partial charge is 0.339 e. The topological polar surface area (TPSA) is 80.9 Å². The molecule has 0 unspecified atom stereocenters. The second-order valence-electron chi connectivity index (χ2n) is 6.82. The normalized spacial score (nSPS) is 10.9. The Kier molecular flexibility index (Phi) is 5.35. The van der Waals surface area contributed by atoms with Crippen molar-refractivity contribution >= 4 is 11.7 Å². The molecule has 0 bridgehead atoms. The average molecular weight is 364 g/mol. The number of benzene rings is 1. The first-order valence-electron chi connectivity index (χ1n) is 9.08. The fraction of sp³-hybridized carbons (Fsp3) is 0.333. The van der Waals surface area contributed by atoms with Crippen molar-refractivity contribution < 1.29 is 9.32 Å². The molecule has 2 aromatic heterocycles. The van der Waals surface area contributed by atoms with E-state index in [1.165, 1.54) is 0 Å². The van der Waals surface area contributed by atoms with Gasteiger partial charge in [-0.15, -0.1) is 0 Å². The van der Waals surface area contributed by atoms with Gasteiger partial charge in [0.15, 0.2) is 0 Å². The minimum absolute atomic E-state index is 0.214.